The van der Waals surface area contributed by atoms with Crippen LogP contribution in [0.2, 0.25) is 10.0 Å². The molecule has 0 aliphatic heterocycles. The zero-order chi connectivity index (χ0) is 13.8. The van der Waals surface area contributed by atoms with Gasteiger partial charge < -0.3 is 14.3 Å². The number of carboxylic acid groups (broad SMARTS) is 1. The van der Waals surface area contributed by atoms with Crippen molar-refractivity contribution in [2.75, 3.05) is 6.61 Å². The van der Waals surface area contributed by atoms with Gasteiger partial charge in [0.2, 0.25) is 11.8 Å². The minimum Gasteiger partial charge on any atom is -0.480 e. The van der Waals surface area contributed by atoms with E-state index in [1.807, 2.05) is 0 Å². The lowest BCUT2D eigenvalue weighted by molar-refractivity contribution is -0.142. The van der Waals surface area contributed by atoms with Crippen LogP contribution in [0, 0.1) is 0 Å². The first-order valence-electron chi connectivity index (χ1n) is 5.13. The minimum absolute atomic E-state index is 0.0758. The van der Waals surface area contributed by atoms with Gasteiger partial charge >= 0.3 is 5.97 Å². The number of aromatic nitrogens is 2. The molecule has 0 saturated heterocycles. The van der Waals surface area contributed by atoms with Crippen molar-refractivity contribution in [3.63, 3.8) is 0 Å². The molecule has 8 heteroatoms. The summed E-state index contributed by atoms with van der Waals surface area (Å²) >= 11 is 11.7. The van der Waals surface area contributed by atoms with E-state index in [-0.39, 0.29) is 18.4 Å². The van der Waals surface area contributed by atoms with Crippen LogP contribution < -0.4 is 0 Å². The zero-order valence-electron chi connectivity index (χ0n) is 9.47. The van der Waals surface area contributed by atoms with E-state index in [1.54, 1.807) is 18.2 Å². The van der Waals surface area contributed by atoms with Gasteiger partial charge in [-0.2, -0.15) is 0 Å². The fourth-order valence-corrected chi connectivity index (χ4v) is 1.86. The summed E-state index contributed by atoms with van der Waals surface area (Å²) in [4.78, 5) is 10.3. The van der Waals surface area contributed by atoms with E-state index >= 15 is 0 Å². The average molecular weight is 303 g/mol. The molecular weight excluding hydrogens is 295 g/mol. The maximum Gasteiger partial charge on any atom is 0.329 e. The first kappa shape index (κ1) is 13.8. The second kappa shape index (κ2) is 6.01. The second-order valence-corrected chi connectivity index (χ2v) is 4.42. The molecule has 2 aromatic rings. The van der Waals surface area contributed by atoms with Gasteiger partial charge in [0.05, 0.1) is 0 Å². The van der Waals surface area contributed by atoms with E-state index in [4.69, 9.17) is 37.5 Å². The van der Waals surface area contributed by atoms with Crippen LogP contribution in [-0.2, 0) is 16.1 Å². The number of benzene rings is 1. The van der Waals surface area contributed by atoms with Crippen molar-refractivity contribution in [3.8, 4) is 11.5 Å². The van der Waals surface area contributed by atoms with Crippen molar-refractivity contribution in [1.29, 1.82) is 0 Å². The lowest BCUT2D eigenvalue weighted by Crippen LogP contribution is -2.06. The van der Waals surface area contributed by atoms with Crippen LogP contribution in [0.5, 0.6) is 0 Å². The Morgan fingerprint density at radius 1 is 1.26 bits per heavy atom. The maximum absolute atomic E-state index is 10.3. The van der Waals surface area contributed by atoms with E-state index in [1.165, 1.54) is 0 Å². The van der Waals surface area contributed by atoms with Crippen LogP contribution in [0.1, 0.15) is 5.89 Å². The van der Waals surface area contributed by atoms with Crippen molar-refractivity contribution < 1.29 is 19.1 Å². The predicted molar refractivity (Wildman–Crippen MR) is 67.0 cm³/mol. The Morgan fingerprint density at radius 3 is 2.58 bits per heavy atom. The molecule has 0 bridgehead atoms. The molecule has 19 heavy (non-hydrogen) atoms. The number of nitrogens with zero attached hydrogens (tertiary/aromatic N) is 2. The van der Waals surface area contributed by atoms with Crippen molar-refractivity contribution >= 4 is 29.2 Å². The van der Waals surface area contributed by atoms with Crippen molar-refractivity contribution in [2.45, 2.75) is 6.61 Å². The van der Waals surface area contributed by atoms with E-state index < -0.39 is 12.6 Å². The number of halogens is 2. The van der Waals surface area contributed by atoms with Gasteiger partial charge in [-0.25, -0.2) is 4.79 Å². The third kappa shape index (κ3) is 3.92. The smallest absolute Gasteiger partial charge is 0.329 e. The molecule has 0 aliphatic carbocycles. The maximum atomic E-state index is 10.3. The van der Waals surface area contributed by atoms with Gasteiger partial charge in [-0.3, -0.25) is 0 Å². The molecular formula is C11H8Cl2N2O4. The van der Waals surface area contributed by atoms with Gasteiger partial charge in [0.25, 0.3) is 0 Å². The summed E-state index contributed by atoms with van der Waals surface area (Å²) in [6, 6.07) is 4.84. The highest BCUT2D eigenvalue weighted by Crippen LogP contribution is 2.26. The Morgan fingerprint density at radius 2 is 1.95 bits per heavy atom. The fourth-order valence-electron chi connectivity index (χ4n) is 1.33. The quantitative estimate of drug-likeness (QED) is 0.914. The fraction of sp³-hybridized carbons (Fsp3) is 0.182. The lowest BCUT2D eigenvalue weighted by atomic mass is 10.2. The molecule has 0 saturated carbocycles. The summed E-state index contributed by atoms with van der Waals surface area (Å²) in [5.74, 6) is -0.660. The number of rotatable bonds is 5. The molecule has 1 aromatic carbocycles. The Balaban J connectivity index is 2.09. The Bertz CT molecular complexity index is 580. The number of carboxylic acids is 1. The molecule has 6 nitrogen and oxygen atoms in total. The summed E-state index contributed by atoms with van der Waals surface area (Å²) < 4.78 is 10.1. The standard InChI is InChI=1S/C11H8Cl2N2O4/c12-7-1-6(2-8(13)3-7)11-15-14-9(19-11)4-18-5-10(16)17/h1-3H,4-5H2,(H,16,17). The molecule has 0 aliphatic rings. The number of carbonyl (C=O) groups is 1. The summed E-state index contributed by atoms with van der Waals surface area (Å²) in [6.45, 7) is -0.506. The highest BCUT2D eigenvalue weighted by molar-refractivity contribution is 6.35. The molecule has 1 N–H and O–H groups in total. The molecule has 100 valence electrons. The summed E-state index contributed by atoms with van der Waals surface area (Å²) in [5.41, 5.74) is 0.578. The minimum atomic E-state index is -1.07. The molecule has 0 radical (unpaired) electrons. The lowest BCUT2D eigenvalue weighted by Gasteiger charge is -1.98. The number of hydrogen-bond donors (Lipinski definition) is 1. The van der Waals surface area contributed by atoms with E-state index in [0.717, 1.165) is 0 Å². The topological polar surface area (TPSA) is 85.5 Å². The summed E-state index contributed by atoms with van der Waals surface area (Å²) in [6.07, 6.45) is 0. The van der Waals surface area contributed by atoms with Gasteiger partial charge in [0.1, 0.15) is 13.2 Å². The van der Waals surface area contributed by atoms with Crippen LogP contribution in [0.25, 0.3) is 11.5 Å². The van der Waals surface area contributed by atoms with E-state index in [2.05, 4.69) is 10.2 Å². The first-order valence-corrected chi connectivity index (χ1v) is 5.88. The third-order valence-electron chi connectivity index (χ3n) is 2.03. The van der Waals surface area contributed by atoms with Crippen LogP contribution in [0.15, 0.2) is 22.6 Å². The van der Waals surface area contributed by atoms with Crippen LogP contribution in [0.3, 0.4) is 0 Å². The molecule has 0 amide bonds. The van der Waals surface area contributed by atoms with Crippen molar-refractivity contribution in [3.05, 3.63) is 34.1 Å². The summed E-state index contributed by atoms with van der Waals surface area (Å²) in [7, 11) is 0. The second-order valence-electron chi connectivity index (χ2n) is 3.55. The third-order valence-corrected chi connectivity index (χ3v) is 2.46. The van der Waals surface area contributed by atoms with Gasteiger partial charge in [0.15, 0.2) is 0 Å². The molecule has 0 spiro atoms. The highest BCUT2D eigenvalue weighted by atomic mass is 35.5. The van der Waals surface area contributed by atoms with Gasteiger partial charge in [-0.15, -0.1) is 10.2 Å². The number of hydrogen-bond acceptors (Lipinski definition) is 5. The van der Waals surface area contributed by atoms with Crippen LogP contribution in [0.4, 0.5) is 0 Å². The normalized spacial score (nSPS) is 10.6. The molecule has 0 atom stereocenters. The monoisotopic (exact) mass is 302 g/mol. The number of aliphatic carboxylic acids is 1. The molecule has 0 unspecified atom stereocenters. The largest absolute Gasteiger partial charge is 0.480 e. The van der Waals surface area contributed by atoms with Crippen LogP contribution in [-0.4, -0.2) is 27.9 Å². The van der Waals surface area contributed by atoms with E-state index in [9.17, 15) is 4.79 Å². The average Bonchev–Trinajstić information content (AvgIpc) is 2.76. The van der Waals surface area contributed by atoms with Gasteiger partial charge in [-0.1, -0.05) is 23.2 Å². The van der Waals surface area contributed by atoms with Gasteiger partial charge in [0, 0.05) is 15.6 Å². The van der Waals surface area contributed by atoms with E-state index in [0.29, 0.717) is 15.6 Å². The highest BCUT2D eigenvalue weighted by Gasteiger charge is 2.10. The molecule has 1 aromatic heterocycles. The Kier molecular flexibility index (Phi) is 4.36. The number of ether oxygens (including phenoxy) is 1. The Labute approximate surface area is 117 Å². The SMILES string of the molecule is O=C(O)COCc1nnc(-c2cc(Cl)cc(Cl)c2)o1. The predicted octanol–water partition coefficient (Wildman–Crippen LogP) is 2.64. The van der Waals surface area contributed by atoms with Crippen molar-refractivity contribution in [1.82, 2.24) is 10.2 Å². The molecule has 1 heterocycles. The van der Waals surface area contributed by atoms with Crippen LogP contribution >= 0.6 is 23.2 Å². The molecule has 2 rings (SSSR count). The summed E-state index contributed by atoms with van der Waals surface area (Å²) in [5, 5.41) is 16.8. The zero-order valence-corrected chi connectivity index (χ0v) is 11.0. The Hall–Kier alpha value is -1.63. The first-order chi connectivity index (χ1) is 9.04. The molecule has 0 fully saturated rings. The van der Waals surface area contributed by atoms with Gasteiger partial charge in [-0.05, 0) is 18.2 Å². The van der Waals surface area contributed by atoms with Crippen molar-refractivity contribution in [2.24, 2.45) is 0 Å².